The number of rotatable bonds is 5. The van der Waals surface area contributed by atoms with Gasteiger partial charge in [0.15, 0.2) is 0 Å². The second-order valence-electron chi connectivity index (χ2n) is 2.94. The van der Waals surface area contributed by atoms with Crippen LogP contribution in [-0.4, -0.2) is 34.0 Å². The molecule has 3 nitrogen and oxygen atoms in total. The van der Waals surface area contributed by atoms with Gasteiger partial charge >= 0.3 is 8.56 Å². The summed E-state index contributed by atoms with van der Waals surface area (Å²) in [6, 6.07) is 0. The van der Waals surface area contributed by atoms with Crippen LogP contribution in [0.2, 0.25) is 13.1 Å². The molecule has 0 aromatic rings. The van der Waals surface area contributed by atoms with Crippen LogP contribution < -0.4 is 0 Å². The first-order valence-corrected chi connectivity index (χ1v) is 16.8. The maximum Gasteiger partial charge on any atom is 0.331 e. The zero-order chi connectivity index (χ0) is 12.5. The molecule has 0 spiro atoms. The molecule has 0 saturated carbocycles. The summed E-state index contributed by atoms with van der Waals surface area (Å²) in [5, 5.41) is 8.37. The van der Waals surface area contributed by atoms with Gasteiger partial charge in [0.05, 0.1) is 13.2 Å². The Kier molecular flexibility index (Phi) is 15.7. The lowest BCUT2D eigenvalue weighted by Gasteiger charge is -2.18. The van der Waals surface area contributed by atoms with Crippen LogP contribution in [0.15, 0.2) is 0 Å². The summed E-state index contributed by atoms with van der Waals surface area (Å²) in [4.78, 5) is 0. The van der Waals surface area contributed by atoms with E-state index in [4.69, 9.17) is 14.0 Å². The zero-order valence-corrected chi connectivity index (χ0v) is 16.8. The van der Waals surface area contributed by atoms with Gasteiger partial charge < -0.3 is 14.0 Å². The van der Waals surface area contributed by atoms with Crippen LogP contribution >= 0.6 is 49.7 Å². The first-order valence-electron chi connectivity index (χ1n) is 4.15. The molecule has 4 atom stereocenters. The lowest BCUT2D eigenvalue weighted by molar-refractivity contribution is 0.156. The Morgan fingerprint density at radius 2 is 1.53 bits per heavy atom. The average Bonchev–Trinajstić information content (AvgIpc) is 2.16. The predicted octanol–water partition coefficient (Wildman–Crippen LogP) is 3.37. The van der Waals surface area contributed by atoms with E-state index < -0.39 is 8.56 Å². The van der Waals surface area contributed by atoms with E-state index in [1.54, 1.807) is 7.11 Å². The third-order valence-electron chi connectivity index (χ3n) is 1.30. The highest BCUT2D eigenvalue weighted by Crippen LogP contribution is 2.86. The molecular weight excluding hydrogens is 322 g/mol. The quantitative estimate of drug-likeness (QED) is 0.614. The van der Waals surface area contributed by atoms with E-state index in [9.17, 15) is 0 Å². The summed E-state index contributed by atoms with van der Waals surface area (Å²) >= 11 is 0. The van der Waals surface area contributed by atoms with E-state index in [0.717, 1.165) is 0 Å². The van der Waals surface area contributed by atoms with Gasteiger partial charge in [-0.3, -0.25) is 0 Å². The van der Waals surface area contributed by atoms with Crippen LogP contribution in [0.3, 0.4) is 0 Å². The van der Waals surface area contributed by atoms with Gasteiger partial charge in [-0.1, -0.05) is 0 Å². The van der Waals surface area contributed by atoms with Crippen LogP contribution in [-0.2, 0) is 8.85 Å². The van der Waals surface area contributed by atoms with Crippen LogP contribution in [0.5, 0.6) is 0 Å². The molecule has 0 aromatic carbocycles. The van der Waals surface area contributed by atoms with Crippen LogP contribution in [0, 0.1) is 0 Å². The third kappa shape index (κ3) is 16.7. The van der Waals surface area contributed by atoms with E-state index in [1.165, 1.54) is 0 Å². The second kappa shape index (κ2) is 11.7. The summed E-state index contributed by atoms with van der Waals surface area (Å²) in [7, 11) is 10.9. The molecule has 0 rings (SSSR count). The highest BCUT2D eigenvalue weighted by Gasteiger charge is 2.21. The first kappa shape index (κ1) is 20.0. The molecule has 10 heteroatoms. The van der Waals surface area contributed by atoms with Crippen molar-refractivity contribution >= 4 is 58.2 Å². The molecule has 0 aromatic heterocycles. The Balaban J connectivity index is 0. The zero-order valence-electron chi connectivity index (χ0n) is 9.38. The second-order valence-corrected chi connectivity index (χ2v) is 26.2. The van der Waals surface area contributed by atoms with Crippen molar-refractivity contribution < 1.29 is 14.0 Å². The monoisotopic (exact) mass is 344 g/mol. The maximum absolute atomic E-state index is 8.37. The number of hydrogen-bond donors (Lipinski definition) is 1. The van der Waals surface area contributed by atoms with Crippen molar-refractivity contribution in [3.8, 4) is 0 Å². The molecule has 0 aliphatic carbocycles. The largest absolute Gasteiger partial charge is 0.398 e. The van der Waals surface area contributed by atoms with Crippen molar-refractivity contribution in [2.75, 3.05) is 20.3 Å². The molecule has 0 fully saturated rings. The Labute approximate surface area is 106 Å². The Hall–Kier alpha value is 2.68. The molecule has 0 aliphatic rings. The SMILES string of the molecule is CO[Si](C)(C)OCCO.PP(P)P(P)P. The molecule has 0 amide bonds. The maximum atomic E-state index is 8.37. The van der Waals surface area contributed by atoms with Gasteiger partial charge in [0, 0.05) is 7.11 Å². The third-order valence-corrected chi connectivity index (χ3v) is 24.5. The minimum absolute atomic E-state index is 0.0692. The van der Waals surface area contributed by atoms with Crippen LogP contribution in [0.1, 0.15) is 0 Å². The molecule has 0 heterocycles. The van der Waals surface area contributed by atoms with Crippen molar-refractivity contribution in [2.45, 2.75) is 13.1 Å². The predicted molar refractivity (Wildman–Crippen MR) is 90.2 cm³/mol. The molecule has 0 aliphatic heterocycles. The summed E-state index contributed by atoms with van der Waals surface area (Å²) in [5.41, 5.74) is 0. The van der Waals surface area contributed by atoms with Crippen molar-refractivity contribution in [3.63, 3.8) is 0 Å². The van der Waals surface area contributed by atoms with Gasteiger partial charge in [-0.2, -0.15) is 0 Å². The number of hydrogen-bond acceptors (Lipinski definition) is 3. The van der Waals surface area contributed by atoms with Crippen molar-refractivity contribution in [3.05, 3.63) is 0 Å². The van der Waals surface area contributed by atoms with Crippen molar-refractivity contribution in [1.82, 2.24) is 0 Å². The van der Waals surface area contributed by atoms with Crippen LogP contribution in [0.4, 0.5) is 0 Å². The highest BCUT2D eigenvalue weighted by atomic mass is 33.0. The highest BCUT2D eigenvalue weighted by molar-refractivity contribution is 8.92. The Morgan fingerprint density at radius 3 is 1.73 bits per heavy atom. The topological polar surface area (TPSA) is 38.7 Å². The summed E-state index contributed by atoms with van der Waals surface area (Å²) in [5.74, 6) is 0. The van der Waals surface area contributed by atoms with Gasteiger partial charge in [0.25, 0.3) is 0 Å². The smallest absolute Gasteiger partial charge is 0.331 e. The van der Waals surface area contributed by atoms with Gasteiger partial charge in [-0.05, 0) is 27.1 Å². The molecule has 0 saturated heterocycles. The normalized spacial score (nSPS) is 11.6. The molecule has 0 radical (unpaired) electrons. The van der Waals surface area contributed by atoms with Gasteiger partial charge in [-0.15, -0.1) is 35.7 Å². The number of aliphatic hydroxyl groups is 1. The van der Waals surface area contributed by atoms with Gasteiger partial charge in [0.2, 0.25) is 0 Å². The minimum atomic E-state index is -1.86. The Morgan fingerprint density at radius 1 is 1.13 bits per heavy atom. The minimum Gasteiger partial charge on any atom is -0.398 e. The molecule has 4 unspecified atom stereocenters. The molecule has 94 valence electrons. The fourth-order valence-electron chi connectivity index (χ4n) is 0.350. The molecule has 1 N–H and O–H groups in total. The number of aliphatic hydroxyl groups excluding tert-OH is 1. The van der Waals surface area contributed by atoms with E-state index in [-0.39, 0.29) is 20.6 Å². The summed E-state index contributed by atoms with van der Waals surface area (Å²) < 4.78 is 10.2. The van der Waals surface area contributed by atoms with Crippen LogP contribution in [0.25, 0.3) is 0 Å². The molecule has 0 bridgehead atoms. The van der Waals surface area contributed by atoms with Gasteiger partial charge in [-0.25, -0.2) is 0 Å². The van der Waals surface area contributed by atoms with Crippen molar-refractivity contribution in [2.24, 2.45) is 0 Å². The lowest BCUT2D eigenvalue weighted by atomic mass is 10.8. The van der Waals surface area contributed by atoms with E-state index in [0.29, 0.717) is 6.61 Å². The molecule has 15 heavy (non-hydrogen) atoms. The average molecular weight is 344 g/mol. The standard InChI is InChI=1S/C5H14O3Si.H8P6/c1-7-9(2,3)8-5-4-6;1-5(2)6(3)4/h6H,4-5H2,1-3H3;1-4H2. The summed E-state index contributed by atoms with van der Waals surface area (Å²) in [6.07, 6.45) is 0. The lowest BCUT2D eigenvalue weighted by Crippen LogP contribution is -2.34. The van der Waals surface area contributed by atoms with Gasteiger partial charge in [0.1, 0.15) is 0 Å². The van der Waals surface area contributed by atoms with E-state index in [1.807, 2.05) is 13.1 Å². The van der Waals surface area contributed by atoms with Crippen molar-refractivity contribution in [1.29, 1.82) is 0 Å². The first-order chi connectivity index (χ1) is 6.76. The Bertz CT molecular complexity index is 141. The van der Waals surface area contributed by atoms with E-state index >= 15 is 0 Å². The fraction of sp³-hybridized carbons (Fsp3) is 1.00. The molecular formula is C5H22O3P6Si. The summed E-state index contributed by atoms with van der Waals surface area (Å²) in [6.45, 7) is 4.65. The fourth-order valence-corrected chi connectivity index (χ4v) is 1.05. The van der Waals surface area contributed by atoms with E-state index in [2.05, 4.69) is 35.7 Å².